The number of benzene rings is 3. The number of rotatable bonds is 3. The van der Waals surface area contributed by atoms with E-state index in [2.05, 4.69) is 5.32 Å². The number of nitrogens with one attached hydrogen (secondary N) is 1. The van der Waals surface area contributed by atoms with Crippen LogP contribution in [0.3, 0.4) is 0 Å². The van der Waals surface area contributed by atoms with Gasteiger partial charge < -0.3 is 10.4 Å². The summed E-state index contributed by atoms with van der Waals surface area (Å²) in [5, 5.41) is 24.4. The van der Waals surface area contributed by atoms with Gasteiger partial charge in [-0.1, -0.05) is 18.2 Å². The van der Waals surface area contributed by atoms with Crippen molar-refractivity contribution >= 4 is 28.1 Å². The van der Waals surface area contributed by atoms with Crippen LogP contribution in [0.2, 0.25) is 0 Å². The number of aromatic hydroxyl groups is 1. The quantitative estimate of drug-likeness (QED) is 0.570. The van der Waals surface area contributed by atoms with E-state index in [0.717, 1.165) is 5.39 Å². The molecule has 0 unspecified atom stereocenters. The molecule has 6 heteroatoms. The van der Waals surface area contributed by atoms with Gasteiger partial charge in [-0.15, -0.1) is 0 Å². The molecule has 23 heavy (non-hydrogen) atoms. The second kappa shape index (κ2) is 5.76. The number of phenolic OH excluding ortho intramolecular Hbond substituents is 1. The third-order valence-electron chi connectivity index (χ3n) is 3.42. The fourth-order valence-electron chi connectivity index (χ4n) is 2.36. The first-order valence-corrected chi connectivity index (χ1v) is 6.82. The van der Waals surface area contributed by atoms with E-state index in [1.165, 1.54) is 24.3 Å². The van der Waals surface area contributed by atoms with Crippen LogP contribution in [-0.2, 0) is 0 Å². The molecule has 6 nitrogen and oxygen atoms in total. The van der Waals surface area contributed by atoms with Crippen molar-refractivity contribution in [2.75, 3.05) is 5.32 Å². The Morgan fingerprint density at radius 1 is 1.04 bits per heavy atom. The van der Waals surface area contributed by atoms with Gasteiger partial charge in [0.1, 0.15) is 5.75 Å². The average molecular weight is 308 g/mol. The normalized spacial score (nSPS) is 10.4. The van der Waals surface area contributed by atoms with Gasteiger partial charge in [0, 0.05) is 23.4 Å². The van der Waals surface area contributed by atoms with Crippen molar-refractivity contribution in [1.29, 1.82) is 0 Å². The summed E-state index contributed by atoms with van der Waals surface area (Å²) >= 11 is 0. The van der Waals surface area contributed by atoms with Gasteiger partial charge in [0.2, 0.25) is 0 Å². The van der Waals surface area contributed by atoms with Crippen LogP contribution in [0.15, 0.2) is 60.7 Å². The van der Waals surface area contributed by atoms with Gasteiger partial charge in [-0.3, -0.25) is 14.9 Å². The maximum atomic E-state index is 12.5. The lowest BCUT2D eigenvalue weighted by Gasteiger charge is -2.08. The first kappa shape index (κ1) is 14.5. The number of phenols is 1. The molecule has 0 saturated heterocycles. The third-order valence-corrected chi connectivity index (χ3v) is 3.42. The number of nitro benzene ring substituents is 1. The summed E-state index contributed by atoms with van der Waals surface area (Å²) in [6.45, 7) is 0. The SMILES string of the molecule is O=C(Nc1cccc([N+](=O)[O-])c1)c1cccc2cc(O)ccc12. The molecule has 0 radical (unpaired) electrons. The molecule has 0 saturated carbocycles. The van der Waals surface area contributed by atoms with E-state index in [9.17, 15) is 20.0 Å². The summed E-state index contributed by atoms with van der Waals surface area (Å²) in [7, 11) is 0. The molecule has 3 aromatic carbocycles. The highest BCUT2D eigenvalue weighted by Crippen LogP contribution is 2.24. The van der Waals surface area contributed by atoms with Crippen LogP contribution >= 0.6 is 0 Å². The molecule has 0 aliphatic carbocycles. The summed E-state index contributed by atoms with van der Waals surface area (Å²) < 4.78 is 0. The number of amides is 1. The smallest absolute Gasteiger partial charge is 0.271 e. The zero-order chi connectivity index (χ0) is 16.4. The monoisotopic (exact) mass is 308 g/mol. The maximum Gasteiger partial charge on any atom is 0.271 e. The van der Waals surface area contributed by atoms with E-state index in [1.54, 1.807) is 36.4 Å². The number of hydrogen-bond donors (Lipinski definition) is 2. The van der Waals surface area contributed by atoms with Crippen molar-refractivity contribution in [3.8, 4) is 5.75 Å². The number of nitro groups is 1. The molecule has 114 valence electrons. The number of carbonyl (C=O) groups excluding carboxylic acids is 1. The Morgan fingerprint density at radius 3 is 2.61 bits per heavy atom. The number of hydrogen-bond acceptors (Lipinski definition) is 4. The van der Waals surface area contributed by atoms with Crippen LogP contribution in [0.4, 0.5) is 11.4 Å². The van der Waals surface area contributed by atoms with Crippen LogP contribution in [0.1, 0.15) is 10.4 Å². The minimum absolute atomic E-state index is 0.0920. The highest BCUT2D eigenvalue weighted by atomic mass is 16.6. The van der Waals surface area contributed by atoms with E-state index in [4.69, 9.17) is 0 Å². The molecule has 2 N–H and O–H groups in total. The number of fused-ring (bicyclic) bond motifs is 1. The van der Waals surface area contributed by atoms with Gasteiger partial charge in [-0.05, 0) is 41.1 Å². The highest BCUT2D eigenvalue weighted by molar-refractivity contribution is 6.13. The molecule has 0 bridgehead atoms. The standard InChI is InChI=1S/C17H12N2O4/c20-14-7-8-15-11(9-14)3-1-6-16(15)17(21)18-12-4-2-5-13(10-12)19(22)23/h1-10,20H,(H,18,21). The second-order valence-electron chi connectivity index (χ2n) is 4.97. The number of non-ortho nitro benzene ring substituents is 1. The minimum Gasteiger partial charge on any atom is -0.508 e. The Morgan fingerprint density at radius 2 is 1.83 bits per heavy atom. The van der Waals surface area contributed by atoms with Crippen LogP contribution < -0.4 is 5.32 Å². The third kappa shape index (κ3) is 2.96. The summed E-state index contributed by atoms with van der Waals surface area (Å²) in [5.41, 5.74) is 0.680. The fraction of sp³-hybridized carbons (Fsp3) is 0. The zero-order valence-corrected chi connectivity index (χ0v) is 11.9. The summed E-state index contributed by atoms with van der Waals surface area (Å²) in [6.07, 6.45) is 0. The van der Waals surface area contributed by atoms with Gasteiger partial charge in [0.15, 0.2) is 0 Å². The van der Waals surface area contributed by atoms with Gasteiger partial charge in [-0.2, -0.15) is 0 Å². The Bertz CT molecular complexity index is 921. The number of anilines is 1. The van der Waals surface area contributed by atoms with E-state index in [1.807, 2.05) is 0 Å². The van der Waals surface area contributed by atoms with E-state index >= 15 is 0 Å². The minimum atomic E-state index is -0.518. The Kier molecular flexibility index (Phi) is 3.64. The molecular weight excluding hydrogens is 296 g/mol. The van der Waals surface area contributed by atoms with Crippen molar-refractivity contribution in [2.45, 2.75) is 0 Å². The van der Waals surface area contributed by atoms with Gasteiger partial charge >= 0.3 is 0 Å². The Hall–Kier alpha value is -3.41. The van der Waals surface area contributed by atoms with Crippen molar-refractivity contribution in [2.24, 2.45) is 0 Å². The van der Waals surface area contributed by atoms with Crippen LogP contribution in [0.25, 0.3) is 10.8 Å². The topological polar surface area (TPSA) is 92.5 Å². The Balaban J connectivity index is 1.95. The summed E-state index contributed by atoms with van der Waals surface area (Å²) in [6, 6.07) is 15.6. The molecule has 0 aromatic heterocycles. The Labute approximate surface area is 131 Å². The molecule has 3 aromatic rings. The molecule has 0 heterocycles. The summed E-state index contributed by atoms with van der Waals surface area (Å²) in [4.78, 5) is 22.7. The zero-order valence-electron chi connectivity index (χ0n) is 11.9. The van der Waals surface area contributed by atoms with E-state index in [0.29, 0.717) is 16.6 Å². The average Bonchev–Trinajstić information content (AvgIpc) is 2.54. The largest absolute Gasteiger partial charge is 0.508 e. The predicted octanol–water partition coefficient (Wildman–Crippen LogP) is 3.71. The molecule has 0 aliphatic heterocycles. The number of carbonyl (C=O) groups is 1. The lowest BCUT2D eigenvalue weighted by molar-refractivity contribution is -0.384. The first-order chi connectivity index (χ1) is 11.0. The van der Waals surface area contributed by atoms with Gasteiger partial charge in [-0.25, -0.2) is 0 Å². The van der Waals surface area contributed by atoms with Crippen LogP contribution in [0.5, 0.6) is 5.75 Å². The van der Waals surface area contributed by atoms with Crippen molar-refractivity contribution in [3.63, 3.8) is 0 Å². The molecule has 3 rings (SSSR count). The lowest BCUT2D eigenvalue weighted by atomic mass is 10.0. The summed E-state index contributed by atoms with van der Waals surface area (Å²) in [5.74, 6) is -0.254. The van der Waals surface area contributed by atoms with Crippen LogP contribution in [0, 0.1) is 10.1 Å². The predicted molar refractivity (Wildman–Crippen MR) is 86.7 cm³/mol. The van der Waals surface area contributed by atoms with Gasteiger partial charge in [0.05, 0.1) is 4.92 Å². The van der Waals surface area contributed by atoms with Crippen molar-refractivity contribution < 1.29 is 14.8 Å². The lowest BCUT2D eigenvalue weighted by Crippen LogP contribution is -2.12. The molecule has 0 spiro atoms. The van der Waals surface area contributed by atoms with Crippen molar-refractivity contribution in [3.05, 3.63) is 76.3 Å². The number of nitrogens with zero attached hydrogens (tertiary/aromatic N) is 1. The highest BCUT2D eigenvalue weighted by Gasteiger charge is 2.12. The van der Waals surface area contributed by atoms with Gasteiger partial charge in [0.25, 0.3) is 11.6 Å². The van der Waals surface area contributed by atoms with Crippen LogP contribution in [-0.4, -0.2) is 15.9 Å². The molecule has 0 fully saturated rings. The molecule has 0 atom stereocenters. The van der Waals surface area contributed by atoms with E-state index < -0.39 is 4.92 Å². The molecule has 0 aliphatic rings. The molecule has 1 amide bonds. The first-order valence-electron chi connectivity index (χ1n) is 6.82. The van der Waals surface area contributed by atoms with E-state index in [-0.39, 0.29) is 17.3 Å². The van der Waals surface area contributed by atoms with Crippen molar-refractivity contribution in [1.82, 2.24) is 0 Å². The maximum absolute atomic E-state index is 12.5. The fourth-order valence-corrected chi connectivity index (χ4v) is 2.36. The second-order valence-corrected chi connectivity index (χ2v) is 4.97. The molecular formula is C17H12N2O4.